The fourth-order valence-corrected chi connectivity index (χ4v) is 2.81. The second-order valence-electron chi connectivity index (χ2n) is 5.31. The largest absolute Gasteiger partial charge is 0.394 e. The van der Waals surface area contributed by atoms with E-state index >= 15 is 0 Å². The second-order valence-corrected chi connectivity index (χ2v) is 5.31. The summed E-state index contributed by atoms with van der Waals surface area (Å²) >= 11 is 0. The Morgan fingerprint density at radius 2 is 2.05 bits per heavy atom. The van der Waals surface area contributed by atoms with Crippen molar-refractivity contribution < 1.29 is 29.2 Å². The van der Waals surface area contributed by atoms with Gasteiger partial charge < -0.3 is 24.8 Å². The lowest BCUT2D eigenvalue weighted by atomic mass is 9.95. The number of hydrogen-bond donors (Lipinski definition) is 4. The average molecular weight is 318 g/mol. The second kappa shape index (κ2) is 5.56. The van der Waals surface area contributed by atoms with Gasteiger partial charge in [0.05, 0.1) is 18.9 Å². The molecule has 1 aromatic heterocycles. The average Bonchev–Trinajstić information content (AvgIpc) is 2.90. The number of aliphatic hydroxyl groups excluding tert-OH is 3. The molecule has 2 aliphatic heterocycles. The van der Waals surface area contributed by atoms with Crippen LogP contribution in [0.25, 0.3) is 0 Å². The van der Waals surface area contributed by atoms with Crippen LogP contribution in [0.5, 0.6) is 0 Å². The maximum absolute atomic E-state index is 13.3. The molecular formula is C12H15FN2O7. The number of H-pyrrole nitrogens is 1. The molecule has 0 aliphatic carbocycles. The van der Waals surface area contributed by atoms with Crippen LogP contribution in [-0.4, -0.2) is 62.0 Å². The molecule has 4 N–H and O–H groups in total. The molecule has 0 aromatic carbocycles. The summed E-state index contributed by atoms with van der Waals surface area (Å²) in [4.78, 5) is 24.6. The zero-order chi connectivity index (χ0) is 16.0. The normalized spacial score (nSPS) is 38.0. The van der Waals surface area contributed by atoms with Gasteiger partial charge in [0.1, 0.15) is 30.6 Å². The Morgan fingerprint density at radius 3 is 2.73 bits per heavy atom. The number of hydrogen-bond acceptors (Lipinski definition) is 7. The summed E-state index contributed by atoms with van der Waals surface area (Å²) in [6.07, 6.45) is -5.38. The van der Waals surface area contributed by atoms with Gasteiger partial charge in [-0.3, -0.25) is 14.3 Å². The lowest BCUT2D eigenvalue weighted by Crippen LogP contribution is -2.57. The van der Waals surface area contributed by atoms with E-state index in [0.717, 1.165) is 10.8 Å². The van der Waals surface area contributed by atoms with Crippen LogP contribution in [0.1, 0.15) is 12.6 Å². The van der Waals surface area contributed by atoms with Crippen molar-refractivity contribution in [1.29, 1.82) is 0 Å². The van der Waals surface area contributed by atoms with Gasteiger partial charge in [-0.1, -0.05) is 0 Å². The van der Waals surface area contributed by atoms with Crippen LogP contribution < -0.4 is 11.2 Å². The van der Waals surface area contributed by atoms with Crippen molar-refractivity contribution in [2.75, 3.05) is 6.61 Å². The first-order valence-corrected chi connectivity index (χ1v) is 6.71. The third kappa shape index (κ3) is 2.38. The van der Waals surface area contributed by atoms with Crippen LogP contribution in [0.3, 0.4) is 0 Å². The van der Waals surface area contributed by atoms with Gasteiger partial charge in [-0.25, -0.2) is 4.79 Å². The van der Waals surface area contributed by atoms with E-state index in [-0.39, 0.29) is 6.42 Å². The van der Waals surface area contributed by atoms with Gasteiger partial charge in [0.25, 0.3) is 5.56 Å². The highest BCUT2D eigenvalue weighted by Gasteiger charge is 2.50. The van der Waals surface area contributed by atoms with E-state index in [1.165, 1.54) is 0 Å². The molecule has 2 aliphatic rings. The van der Waals surface area contributed by atoms with Crippen LogP contribution in [-0.2, 0) is 9.47 Å². The molecule has 9 nitrogen and oxygen atoms in total. The number of rotatable bonds is 2. The minimum atomic E-state index is -1.34. The first kappa shape index (κ1) is 15.3. The topological polar surface area (TPSA) is 134 Å². The van der Waals surface area contributed by atoms with Gasteiger partial charge in [-0.15, -0.1) is 0 Å². The Kier molecular flexibility index (Phi) is 3.87. The fraction of sp³-hybridized carbons (Fsp3) is 0.667. The van der Waals surface area contributed by atoms with E-state index < -0.39 is 60.4 Å². The molecule has 0 radical (unpaired) electrons. The molecular weight excluding hydrogens is 303 g/mol. The Bertz CT molecular complexity index is 674. The maximum Gasteiger partial charge on any atom is 0.330 e. The summed E-state index contributed by atoms with van der Waals surface area (Å²) in [5, 5.41) is 28.9. The molecule has 2 saturated heterocycles. The van der Waals surface area contributed by atoms with Crippen molar-refractivity contribution in [2.24, 2.45) is 0 Å². The van der Waals surface area contributed by atoms with Gasteiger partial charge in [-0.05, 0) is 0 Å². The minimum Gasteiger partial charge on any atom is -0.394 e. The van der Waals surface area contributed by atoms with E-state index in [1.54, 1.807) is 0 Å². The van der Waals surface area contributed by atoms with Gasteiger partial charge in [-0.2, -0.15) is 4.39 Å². The Labute approximate surface area is 122 Å². The molecule has 3 heterocycles. The third-order valence-corrected chi connectivity index (χ3v) is 3.95. The molecule has 10 heteroatoms. The molecule has 1 aromatic rings. The highest BCUT2D eigenvalue weighted by atomic mass is 19.1. The summed E-state index contributed by atoms with van der Waals surface area (Å²) in [5.74, 6) is -1.15. The molecule has 0 amide bonds. The standard InChI is InChI=1S/C12H15FN2O7/c13-4-2-15(12(20)14-11(4)19)7-1-5-10(22-7)9(18)8(17)6(3-16)21-5/h2,5-10,16-18H,1,3H2,(H,14,19,20)/t5-,6-,7-,8+,9+,10+/m1/s1. The SMILES string of the molecule is O=c1[nH]c(=O)n([C@H]2C[C@H]3O[C@H](CO)[C@H](O)[C@H](O)[C@H]3O2)cc1F. The number of nitrogens with zero attached hydrogens (tertiary/aromatic N) is 1. The van der Waals surface area contributed by atoms with E-state index in [0.29, 0.717) is 0 Å². The number of nitrogens with one attached hydrogen (secondary N) is 1. The van der Waals surface area contributed by atoms with Crippen LogP contribution in [0, 0.1) is 5.82 Å². The highest BCUT2D eigenvalue weighted by Crippen LogP contribution is 2.37. The van der Waals surface area contributed by atoms with E-state index in [4.69, 9.17) is 14.6 Å². The molecule has 22 heavy (non-hydrogen) atoms. The monoisotopic (exact) mass is 318 g/mol. The van der Waals surface area contributed by atoms with Gasteiger partial charge in [0.2, 0.25) is 5.82 Å². The van der Waals surface area contributed by atoms with Crippen LogP contribution in [0.15, 0.2) is 15.8 Å². The maximum atomic E-state index is 13.3. The predicted octanol–water partition coefficient (Wildman–Crippen LogP) is -2.56. The first-order chi connectivity index (χ1) is 10.4. The third-order valence-electron chi connectivity index (χ3n) is 3.95. The lowest BCUT2D eigenvalue weighted by Gasteiger charge is -2.38. The number of aliphatic hydroxyl groups is 3. The Morgan fingerprint density at radius 1 is 1.32 bits per heavy atom. The predicted molar refractivity (Wildman–Crippen MR) is 67.6 cm³/mol. The van der Waals surface area contributed by atoms with Crippen molar-refractivity contribution >= 4 is 0 Å². The molecule has 6 atom stereocenters. The summed E-state index contributed by atoms with van der Waals surface area (Å²) < 4.78 is 25.1. The number of aromatic nitrogens is 2. The zero-order valence-corrected chi connectivity index (χ0v) is 11.3. The summed E-state index contributed by atoms with van der Waals surface area (Å²) in [7, 11) is 0. The number of fused-ring (bicyclic) bond motifs is 1. The zero-order valence-electron chi connectivity index (χ0n) is 11.3. The first-order valence-electron chi connectivity index (χ1n) is 6.71. The van der Waals surface area contributed by atoms with Crippen LogP contribution in [0.2, 0.25) is 0 Å². The fourth-order valence-electron chi connectivity index (χ4n) is 2.81. The summed E-state index contributed by atoms with van der Waals surface area (Å²) in [5.41, 5.74) is -1.99. The number of halogens is 1. The Hall–Kier alpha value is -1.59. The molecule has 3 rings (SSSR count). The molecule has 0 spiro atoms. The highest BCUT2D eigenvalue weighted by molar-refractivity contribution is 4.98. The Balaban J connectivity index is 1.87. The van der Waals surface area contributed by atoms with Crippen molar-refractivity contribution in [1.82, 2.24) is 9.55 Å². The summed E-state index contributed by atoms with van der Waals surface area (Å²) in [6, 6.07) is 0. The quantitative estimate of drug-likeness (QED) is 0.471. The lowest BCUT2D eigenvalue weighted by molar-refractivity contribution is -0.220. The van der Waals surface area contributed by atoms with Gasteiger partial charge in [0.15, 0.2) is 0 Å². The van der Waals surface area contributed by atoms with Crippen molar-refractivity contribution in [3.8, 4) is 0 Å². The molecule has 0 unspecified atom stereocenters. The van der Waals surface area contributed by atoms with Gasteiger partial charge in [0, 0.05) is 6.42 Å². The number of ether oxygens (including phenoxy) is 2. The van der Waals surface area contributed by atoms with E-state index in [2.05, 4.69) is 0 Å². The van der Waals surface area contributed by atoms with E-state index in [9.17, 15) is 24.2 Å². The molecule has 0 saturated carbocycles. The van der Waals surface area contributed by atoms with Crippen molar-refractivity contribution in [3.05, 3.63) is 32.9 Å². The van der Waals surface area contributed by atoms with Crippen LogP contribution >= 0.6 is 0 Å². The molecule has 122 valence electrons. The van der Waals surface area contributed by atoms with Gasteiger partial charge >= 0.3 is 5.69 Å². The smallest absolute Gasteiger partial charge is 0.330 e. The summed E-state index contributed by atoms with van der Waals surface area (Å²) in [6.45, 7) is -0.487. The minimum absolute atomic E-state index is 0.0936. The molecule has 0 bridgehead atoms. The van der Waals surface area contributed by atoms with Crippen molar-refractivity contribution in [2.45, 2.75) is 43.2 Å². The van der Waals surface area contributed by atoms with Crippen molar-refractivity contribution in [3.63, 3.8) is 0 Å². The number of aromatic amines is 1. The van der Waals surface area contributed by atoms with Crippen LogP contribution in [0.4, 0.5) is 4.39 Å². The molecule has 2 fully saturated rings. The van der Waals surface area contributed by atoms with E-state index in [1.807, 2.05) is 4.98 Å².